The number of carbonyl (C=O) groups is 1. The number of esters is 1. The molecule has 0 unspecified atom stereocenters. The standard InChI is InChI=1S/C15H16O3.C2H2O/c1-17-9-10-18-15(16)11-13-7-4-6-12-5-2-3-8-14(12)13;1-2-3/h2-8H,9-11H2,1H3;1H2. The van der Waals surface area contributed by atoms with Crippen molar-refractivity contribution in [1.82, 2.24) is 0 Å². The minimum atomic E-state index is -0.219. The Bertz CT molecular complexity index is 608. The van der Waals surface area contributed by atoms with Gasteiger partial charge in [-0.3, -0.25) is 4.79 Å². The number of ether oxygens (including phenoxy) is 2. The average Bonchev–Trinajstić information content (AvgIpc) is 2.49. The molecule has 0 saturated heterocycles. The quantitative estimate of drug-likeness (QED) is 0.481. The average molecular weight is 286 g/mol. The fraction of sp³-hybridized carbons (Fsp3) is 0.235. The van der Waals surface area contributed by atoms with Gasteiger partial charge in [0.25, 0.3) is 0 Å². The van der Waals surface area contributed by atoms with Crippen LogP contribution in [0.15, 0.2) is 49.0 Å². The molecule has 4 heteroatoms. The molecule has 0 heterocycles. The van der Waals surface area contributed by atoms with E-state index in [4.69, 9.17) is 14.3 Å². The van der Waals surface area contributed by atoms with Crippen molar-refractivity contribution < 1.29 is 19.1 Å². The molecule has 2 aromatic rings. The molecule has 0 aliphatic heterocycles. The number of benzene rings is 2. The molecule has 0 aromatic heterocycles. The summed E-state index contributed by atoms with van der Waals surface area (Å²) in [5.41, 5.74) is 0.996. The number of carbonyl (C=O) groups excluding carboxylic acids is 2. The van der Waals surface area contributed by atoms with Crippen molar-refractivity contribution in [3.05, 3.63) is 54.6 Å². The van der Waals surface area contributed by atoms with Crippen LogP contribution >= 0.6 is 0 Å². The minimum absolute atomic E-state index is 0.219. The van der Waals surface area contributed by atoms with E-state index in [9.17, 15) is 4.79 Å². The van der Waals surface area contributed by atoms with Crippen LogP contribution in [0.5, 0.6) is 0 Å². The molecule has 2 aromatic carbocycles. The van der Waals surface area contributed by atoms with Crippen molar-refractivity contribution in [3.8, 4) is 0 Å². The lowest BCUT2D eigenvalue weighted by Crippen LogP contribution is -2.12. The molecule has 4 nitrogen and oxygen atoms in total. The van der Waals surface area contributed by atoms with E-state index in [0.29, 0.717) is 19.6 Å². The van der Waals surface area contributed by atoms with Gasteiger partial charge in [-0.25, -0.2) is 4.79 Å². The maximum Gasteiger partial charge on any atom is 0.310 e. The molecule has 0 radical (unpaired) electrons. The lowest BCUT2D eigenvalue weighted by Gasteiger charge is -2.07. The van der Waals surface area contributed by atoms with Crippen LogP contribution in [0.25, 0.3) is 10.8 Å². The second kappa shape index (κ2) is 9.48. The van der Waals surface area contributed by atoms with E-state index < -0.39 is 0 Å². The first kappa shape index (κ1) is 16.6. The highest BCUT2D eigenvalue weighted by Crippen LogP contribution is 2.19. The summed E-state index contributed by atoms with van der Waals surface area (Å²) in [5.74, 6) is 1.03. The van der Waals surface area contributed by atoms with Gasteiger partial charge < -0.3 is 9.47 Å². The molecule has 0 atom stereocenters. The molecule has 2 rings (SSSR count). The predicted molar refractivity (Wildman–Crippen MR) is 81.8 cm³/mol. The molecule has 0 aliphatic carbocycles. The van der Waals surface area contributed by atoms with Crippen LogP contribution in [-0.2, 0) is 25.5 Å². The van der Waals surface area contributed by atoms with E-state index in [1.165, 1.54) is 5.94 Å². The van der Waals surface area contributed by atoms with E-state index in [1.807, 2.05) is 42.5 Å². The molecule has 0 bridgehead atoms. The predicted octanol–water partition coefficient (Wildman–Crippen LogP) is 2.58. The molecule has 0 aliphatic rings. The maximum absolute atomic E-state index is 11.7. The lowest BCUT2D eigenvalue weighted by atomic mass is 10.0. The van der Waals surface area contributed by atoms with Gasteiger partial charge in [-0.1, -0.05) is 42.5 Å². The molecular formula is C17H18O4. The van der Waals surface area contributed by atoms with Crippen molar-refractivity contribution in [3.63, 3.8) is 0 Å². The largest absolute Gasteiger partial charge is 0.463 e. The Kier molecular flexibility index (Phi) is 7.51. The molecule has 0 amide bonds. The van der Waals surface area contributed by atoms with Crippen LogP contribution in [0.4, 0.5) is 0 Å². The van der Waals surface area contributed by atoms with Gasteiger partial charge in [0.05, 0.1) is 13.0 Å². The van der Waals surface area contributed by atoms with E-state index in [0.717, 1.165) is 16.3 Å². The van der Waals surface area contributed by atoms with Crippen LogP contribution < -0.4 is 0 Å². The van der Waals surface area contributed by atoms with Crippen molar-refractivity contribution in [2.75, 3.05) is 20.3 Å². The van der Waals surface area contributed by atoms with Gasteiger partial charge in [0.15, 0.2) is 0 Å². The van der Waals surface area contributed by atoms with Gasteiger partial charge >= 0.3 is 5.97 Å². The third kappa shape index (κ3) is 5.61. The molecule has 0 spiro atoms. The summed E-state index contributed by atoms with van der Waals surface area (Å²) < 4.78 is 9.91. The Morgan fingerprint density at radius 3 is 2.52 bits per heavy atom. The summed E-state index contributed by atoms with van der Waals surface area (Å²) in [7, 11) is 1.58. The fourth-order valence-electron chi connectivity index (χ4n) is 1.89. The third-order valence-corrected chi connectivity index (χ3v) is 2.77. The highest BCUT2D eigenvalue weighted by molar-refractivity contribution is 5.88. The first-order valence-corrected chi connectivity index (χ1v) is 6.48. The number of methoxy groups -OCH3 is 1. The Balaban J connectivity index is 0.000000677. The Hall–Kier alpha value is -2.42. The lowest BCUT2D eigenvalue weighted by molar-refractivity contribution is -0.144. The first-order chi connectivity index (χ1) is 10.2. The zero-order valence-electron chi connectivity index (χ0n) is 12.0. The zero-order chi connectivity index (χ0) is 15.5. The van der Waals surface area contributed by atoms with Gasteiger partial charge in [-0.15, -0.1) is 0 Å². The van der Waals surface area contributed by atoms with Crippen molar-refractivity contribution in [2.24, 2.45) is 0 Å². The van der Waals surface area contributed by atoms with Crippen molar-refractivity contribution in [2.45, 2.75) is 6.42 Å². The highest BCUT2D eigenvalue weighted by atomic mass is 16.6. The zero-order valence-corrected chi connectivity index (χ0v) is 12.0. The maximum atomic E-state index is 11.7. The molecule has 0 saturated carbocycles. The van der Waals surface area contributed by atoms with Crippen molar-refractivity contribution >= 4 is 22.7 Å². The van der Waals surface area contributed by atoms with E-state index >= 15 is 0 Å². The van der Waals surface area contributed by atoms with Gasteiger partial charge in [0.1, 0.15) is 12.5 Å². The summed E-state index contributed by atoms with van der Waals surface area (Å²) in [5, 5.41) is 2.24. The smallest absolute Gasteiger partial charge is 0.310 e. The number of fused-ring (bicyclic) bond motifs is 1. The van der Waals surface area contributed by atoms with Crippen molar-refractivity contribution in [1.29, 1.82) is 0 Å². The number of hydrogen-bond donors (Lipinski definition) is 0. The van der Waals surface area contributed by atoms with Crippen LogP contribution in [0.3, 0.4) is 0 Å². The Morgan fingerprint density at radius 2 is 1.81 bits per heavy atom. The topological polar surface area (TPSA) is 52.6 Å². The van der Waals surface area contributed by atoms with Gasteiger partial charge in [0.2, 0.25) is 0 Å². The molecule has 0 fully saturated rings. The van der Waals surface area contributed by atoms with Crippen LogP contribution in [0.2, 0.25) is 0 Å². The molecule has 110 valence electrons. The summed E-state index contributed by atoms with van der Waals surface area (Å²) >= 11 is 0. The highest BCUT2D eigenvalue weighted by Gasteiger charge is 2.07. The summed E-state index contributed by atoms with van der Waals surface area (Å²) in [6.07, 6.45) is 0.297. The molecule has 21 heavy (non-hydrogen) atoms. The fourth-order valence-corrected chi connectivity index (χ4v) is 1.89. The summed E-state index contributed by atoms with van der Waals surface area (Å²) in [6.45, 7) is 3.42. The summed E-state index contributed by atoms with van der Waals surface area (Å²) in [4.78, 5) is 20.2. The second-order valence-electron chi connectivity index (χ2n) is 4.17. The van der Waals surface area contributed by atoms with E-state index in [2.05, 4.69) is 6.58 Å². The normalized spacial score (nSPS) is 9.38. The molecular weight excluding hydrogens is 268 g/mol. The third-order valence-electron chi connectivity index (χ3n) is 2.77. The van der Waals surface area contributed by atoms with Crippen LogP contribution in [-0.4, -0.2) is 32.2 Å². The van der Waals surface area contributed by atoms with E-state index in [-0.39, 0.29) is 5.97 Å². The van der Waals surface area contributed by atoms with E-state index in [1.54, 1.807) is 7.11 Å². The minimum Gasteiger partial charge on any atom is -0.463 e. The molecule has 0 N–H and O–H groups in total. The van der Waals surface area contributed by atoms with Gasteiger partial charge in [-0.05, 0) is 22.9 Å². The number of hydrogen-bond acceptors (Lipinski definition) is 4. The first-order valence-electron chi connectivity index (χ1n) is 6.48. The SMILES string of the molecule is C=C=O.COCCOC(=O)Cc1cccc2ccccc12. The monoisotopic (exact) mass is 286 g/mol. The second-order valence-corrected chi connectivity index (χ2v) is 4.17. The Labute approximate surface area is 124 Å². The van der Waals surface area contributed by atoms with Crippen LogP contribution in [0.1, 0.15) is 5.56 Å². The van der Waals surface area contributed by atoms with Gasteiger partial charge in [0, 0.05) is 7.11 Å². The van der Waals surface area contributed by atoms with Crippen LogP contribution in [0, 0.1) is 0 Å². The Morgan fingerprint density at radius 1 is 1.14 bits per heavy atom. The summed E-state index contributed by atoms with van der Waals surface area (Å²) in [6, 6.07) is 14.0. The number of rotatable bonds is 5. The van der Waals surface area contributed by atoms with Gasteiger partial charge in [-0.2, -0.15) is 0 Å².